The number of carbonyl (C=O) groups excluding carboxylic acids is 2. The summed E-state index contributed by atoms with van der Waals surface area (Å²) >= 11 is 6.56. The van der Waals surface area contributed by atoms with Gasteiger partial charge in [-0.3, -0.25) is 10.1 Å². The number of hydrogen-bond donors (Lipinski definition) is 3. The third-order valence-corrected chi connectivity index (χ3v) is 7.38. The van der Waals surface area contributed by atoms with Gasteiger partial charge >= 0.3 is 6.09 Å². The monoisotopic (exact) mass is 548 g/mol. The quantitative estimate of drug-likeness (QED) is 0.480. The Balaban J connectivity index is 2.08. The van der Waals surface area contributed by atoms with Crippen molar-refractivity contribution in [3.63, 3.8) is 0 Å². The van der Waals surface area contributed by atoms with Gasteiger partial charge in [0.05, 0.1) is 25.3 Å². The molecule has 1 aromatic rings. The van der Waals surface area contributed by atoms with Gasteiger partial charge in [0, 0.05) is 26.5 Å². The van der Waals surface area contributed by atoms with Gasteiger partial charge in [0.25, 0.3) is 0 Å². The fourth-order valence-corrected chi connectivity index (χ4v) is 5.04. The summed E-state index contributed by atoms with van der Waals surface area (Å²) in [5, 5.41) is 25.0. The van der Waals surface area contributed by atoms with Gasteiger partial charge in [-0.15, -0.1) is 0 Å². The first-order valence-electron chi connectivity index (χ1n) is 12.5. The number of amides is 2. The molecule has 1 aromatic carbocycles. The molecule has 2 aliphatic heterocycles. The summed E-state index contributed by atoms with van der Waals surface area (Å²) in [6, 6.07) is 3.64. The zero-order valence-electron chi connectivity index (χ0n) is 22.7. The molecule has 0 spiro atoms. The molecule has 3 rings (SSSR count). The molecular weight excluding hydrogens is 512 g/mol. The number of allylic oxidation sites excluding steroid dienone is 3. The Morgan fingerprint density at radius 2 is 1.95 bits per heavy atom. The molecule has 1 fully saturated rings. The van der Waals surface area contributed by atoms with Crippen LogP contribution in [0.15, 0.2) is 47.6 Å². The van der Waals surface area contributed by atoms with Crippen LogP contribution in [0.3, 0.4) is 0 Å². The summed E-state index contributed by atoms with van der Waals surface area (Å²) in [6.45, 7) is 5.47. The number of nitrogens with zero attached hydrogens (tertiary/aromatic N) is 1. The minimum Gasteiger partial charge on any atom is -0.495 e. The van der Waals surface area contributed by atoms with E-state index in [0.717, 1.165) is 11.1 Å². The molecule has 0 unspecified atom stereocenters. The third-order valence-electron chi connectivity index (χ3n) is 7.00. The summed E-state index contributed by atoms with van der Waals surface area (Å²) in [7, 11) is 4.57. The van der Waals surface area contributed by atoms with Crippen molar-refractivity contribution in [3.05, 3.63) is 58.2 Å². The summed E-state index contributed by atoms with van der Waals surface area (Å²) in [5.74, 6) is -0.267. The maximum Gasteiger partial charge on any atom is 0.409 e. The van der Waals surface area contributed by atoms with Gasteiger partial charge in [0.1, 0.15) is 23.0 Å². The van der Waals surface area contributed by atoms with E-state index in [4.69, 9.17) is 25.8 Å². The lowest BCUT2D eigenvalue weighted by Crippen LogP contribution is -2.63. The lowest BCUT2D eigenvalue weighted by atomic mass is 9.89. The van der Waals surface area contributed by atoms with Crippen LogP contribution in [0, 0.1) is 5.92 Å². The molecule has 208 valence electrons. The van der Waals surface area contributed by atoms with E-state index < -0.39 is 30.1 Å². The van der Waals surface area contributed by atoms with Gasteiger partial charge in [-0.25, -0.2) is 4.79 Å². The second kappa shape index (κ2) is 12.3. The fourth-order valence-electron chi connectivity index (χ4n) is 4.72. The number of aliphatic hydroxyl groups excluding tert-OH is 1. The minimum absolute atomic E-state index is 0.0527. The minimum atomic E-state index is -1.71. The fraction of sp³-hybridized carbons (Fsp3) is 0.500. The molecule has 0 radical (unpaired) electrons. The zero-order valence-corrected chi connectivity index (χ0v) is 23.4. The maximum absolute atomic E-state index is 13.1. The molecule has 2 aliphatic rings. The molecule has 2 amide bonds. The molecule has 5 atom stereocenters. The van der Waals surface area contributed by atoms with Crippen LogP contribution < -0.4 is 15.0 Å². The van der Waals surface area contributed by atoms with E-state index in [1.165, 1.54) is 19.1 Å². The predicted molar refractivity (Wildman–Crippen MR) is 145 cm³/mol. The molecule has 2 heterocycles. The smallest absolute Gasteiger partial charge is 0.409 e. The predicted octanol–water partition coefficient (Wildman–Crippen LogP) is 3.91. The van der Waals surface area contributed by atoms with Crippen molar-refractivity contribution in [3.8, 4) is 5.75 Å². The van der Waals surface area contributed by atoms with Crippen molar-refractivity contribution >= 4 is 29.3 Å². The molecule has 9 nitrogen and oxygen atoms in total. The standard InChI is InChI=1S/C28H37ClN2O7/c1-16-8-7-9-24(37-6)28(35)15-23(38-27(34)30-28)18(3)11-17(2)21(32)14-25(33)31(4)20-12-19(10-16)13-22(36-5)26(20)29/h7-9,11-13,18,21,23-24,32,35H,10,14-15H2,1-6H3,(H,30,34)/b9-7+,16-8+,17-11+/t18-,21-,23-,24+,28-/m0/s1. The second-order valence-electron chi connectivity index (χ2n) is 10.0. The first kappa shape index (κ1) is 29.7. The average Bonchev–Trinajstić information content (AvgIpc) is 2.85. The highest BCUT2D eigenvalue weighted by atomic mass is 35.5. The van der Waals surface area contributed by atoms with Gasteiger partial charge < -0.3 is 29.3 Å². The van der Waals surface area contributed by atoms with E-state index in [9.17, 15) is 19.8 Å². The number of aliphatic hydroxyl groups is 2. The number of methoxy groups -OCH3 is 2. The number of halogens is 1. The topological polar surface area (TPSA) is 118 Å². The number of alkyl carbamates (subject to hydrolysis) is 1. The lowest BCUT2D eigenvalue weighted by molar-refractivity contribution is -0.138. The van der Waals surface area contributed by atoms with Crippen LogP contribution >= 0.6 is 11.6 Å². The van der Waals surface area contributed by atoms with Crippen molar-refractivity contribution in [2.24, 2.45) is 5.92 Å². The highest BCUT2D eigenvalue weighted by Crippen LogP contribution is 2.37. The van der Waals surface area contributed by atoms with Gasteiger partial charge in [0.15, 0.2) is 5.72 Å². The number of hydrogen-bond acceptors (Lipinski definition) is 7. The van der Waals surface area contributed by atoms with Crippen molar-refractivity contribution < 1.29 is 34.0 Å². The molecule has 0 aromatic heterocycles. The number of rotatable bonds is 2. The second-order valence-corrected chi connectivity index (χ2v) is 10.4. The van der Waals surface area contributed by atoms with Crippen LogP contribution in [0.1, 0.15) is 39.2 Å². The van der Waals surface area contributed by atoms with Gasteiger partial charge in [-0.2, -0.15) is 0 Å². The molecule has 0 aliphatic carbocycles. The Morgan fingerprint density at radius 3 is 2.61 bits per heavy atom. The van der Waals surface area contributed by atoms with E-state index in [1.54, 1.807) is 32.2 Å². The molecular formula is C28H37ClN2O7. The van der Waals surface area contributed by atoms with Crippen LogP contribution in [0.5, 0.6) is 5.75 Å². The van der Waals surface area contributed by atoms with Crippen LogP contribution in [0.2, 0.25) is 5.02 Å². The Hall–Kier alpha value is -2.85. The molecule has 3 N–H and O–H groups in total. The number of anilines is 1. The summed E-state index contributed by atoms with van der Waals surface area (Å²) < 4.78 is 16.4. The first-order chi connectivity index (χ1) is 17.9. The van der Waals surface area contributed by atoms with Crippen molar-refractivity contribution in [2.45, 2.75) is 64.1 Å². The van der Waals surface area contributed by atoms with Crippen molar-refractivity contribution in [2.75, 3.05) is 26.2 Å². The van der Waals surface area contributed by atoms with Gasteiger partial charge in [-0.05, 0) is 43.5 Å². The lowest BCUT2D eigenvalue weighted by Gasteiger charge is -2.41. The van der Waals surface area contributed by atoms with Gasteiger partial charge in [0.2, 0.25) is 5.91 Å². The van der Waals surface area contributed by atoms with Gasteiger partial charge in [-0.1, -0.05) is 48.4 Å². The normalized spacial score (nSPS) is 32.8. The van der Waals surface area contributed by atoms with Crippen molar-refractivity contribution in [1.82, 2.24) is 5.32 Å². The third kappa shape index (κ3) is 6.77. The summed E-state index contributed by atoms with van der Waals surface area (Å²) in [6.07, 6.45) is 4.09. The van der Waals surface area contributed by atoms with Crippen LogP contribution in [0.25, 0.3) is 0 Å². The van der Waals surface area contributed by atoms with E-state index in [2.05, 4.69) is 5.32 Å². The molecule has 4 bridgehead atoms. The van der Waals surface area contributed by atoms with E-state index in [1.807, 2.05) is 32.1 Å². The van der Waals surface area contributed by atoms with Crippen LogP contribution in [0.4, 0.5) is 10.5 Å². The average molecular weight is 549 g/mol. The zero-order chi connectivity index (χ0) is 28.2. The highest BCUT2D eigenvalue weighted by molar-refractivity contribution is 6.35. The number of ether oxygens (including phenoxy) is 3. The number of carbonyl (C=O) groups is 2. The Kier molecular flexibility index (Phi) is 9.64. The number of nitrogens with one attached hydrogen (secondary N) is 1. The van der Waals surface area contributed by atoms with Crippen molar-refractivity contribution in [1.29, 1.82) is 0 Å². The van der Waals surface area contributed by atoms with E-state index in [-0.39, 0.29) is 24.7 Å². The molecule has 10 heteroatoms. The Morgan fingerprint density at radius 1 is 1.24 bits per heavy atom. The number of benzene rings is 1. The van der Waals surface area contributed by atoms with Crippen LogP contribution in [-0.4, -0.2) is 67.5 Å². The SMILES string of the molecule is COc1cc2cc(c1Cl)N(C)C(=O)C[C@H](O)/C(C)=C/[C@H](C)[C@@H]1C[C@@](O)(NC(=O)O1)[C@H](OC)/C=C/C=C(\C)C2. The maximum atomic E-state index is 13.1. The molecule has 1 saturated heterocycles. The Bertz CT molecular complexity index is 1150. The first-order valence-corrected chi connectivity index (χ1v) is 12.8. The summed E-state index contributed by atoms with van der Waals surface area (Å²) in [4.78, 5) is 26.9. The van der Waals surface area contributed by atoms with Crippen LogP contribution in [-0.2, 0) is 20.7 Å². The van der Waals surface area contributed by atoms with E-state index in [0.29, 0.717) is 28.5 Å². The van der Waals surface area contributed by atoms with E-state index >= 15 is 0 Å². The molecule has 0 saturated carbocycles. The highest BCUT2D eigenvalue weighted by Gasteiger charge is 2.46. The Labute approximate surface area is 228 Å². The number of fused-ring (bicyclic) bond motifs is 4. The summed E-state index contributed by atoms with van der Waals surface area (Å²) in [5.41, 5.74) is 1.15. The molecule has 38 heavy (non-hydrogen) atoms. The largest absolute Gasteiger partial charge is 0.495 e.